The summed E-state index contributed by atoms with van der Waals surface area (Å²) < 4.78 is 0. The number of carbonyl (C=O) groups excluding carboxylic acids is 1. The molecule has 0 saturated carbocycles. The van der Waals surface area contributed by atoms with Gasteiger partial charge in [0.25, 0.3) is 0 Å². The highest BCUT2D eigenvalue weighted by molar-refractivity contribution is 7.09. The molecule has 1 heterocycles. The summed E-state index contributed by atoms with van der Waals surface area (Å²) in [4.78, 5) is 12.6. The molecule has 0 aromatic carbocycles. The van der Waals surface area contributed by atoms with Gasteiger partial charge in [0.05, 0.1) is 12.6 Å². The fourth-order valence-electron chi connectivity index (χ4n) is 1.16. The Kier molecular flexibility index (Phi) is 4.62. The van der Waals surface area contributed by atoms with E-state index in [4.69, 9.17) is 5.73 Å². The molecule has 0 aliphatic carbocycles. The summed E-state index contributed by atoms with van der Waals surface area (Å²) in [7, 11) is 0. The lowest BCUT2D eigenvalue weighted by Crippen LogP contribution is -2.39. The summed E-state index contributed by atoms with van der Waals surface area (Å²) in [6.45, 7) is 2.61. The second-order valence-corrected chi connectivity index (χ2v) is 4.22. The van der Waals surface area contributed by atoms with Gasteiger partial charge in [-0.2, -0.15) is 0 Å². The minimum atomic E-state index is -0.361. The van der Waals surface area contributed by atoms with Crippen molar-refractivity contribution in [1.29, 1.82) is 0 Å². The van der Waals surface area contributed by atoms with Crippen molar-refractivity contribution in [2.24, 2.45) is 5.73 Å². The van der Waals surface area contributed by atoms with Gasteiger partial charge >= 0.3 is 0 Å². The Morgan fingerprint density at radius 3 is 3.07 bits per heavy atom. The molecule has 1 aromatic rings. The van der Waals surface area contributed by atoms with Crippen molar-refractivity contribution in [3.63, 3.8) is 0 Å². The van der Waals surface area contributed by atoms with Crippen LogP contribution in [0.5, 0.6) is 0 Å². The normalized spacial score (nSPS) is 12.4. The second-order valence-electron chi connectivity index (χ2n) is 3.19. The van der Waals surface area contributed by atoms with Gasteiger partial charge in [-0.05, 0) is 17.9 Å². The summed E-state index contributed by atoms with van der Waals surface area (Å²) in [5.41, 5.74) is 5.66. The zero-order valence-corrected chi connectivity index (χ0v) is 9.14. The van der Waals surface area contributed by atoms with Crippen molar-refractivity contribution in [2.45, 2.75) is 32.4 Å². The molecule has 1 rings (SSSR count). The van der Waals surface area contributed by atoms with Crippen LogP contribution in [0.3, 0.4) is 0 Å². The molecule has 0 radical (unpaired) electrons. The molecule has 0 fully saturated rings. The fraction of sp³-hybridized carbons (Fsp3) is 0.500. The van der Waals surface area contributed by atoms with Crippen molar-refractivity contribution in [3.8, 4) is 0 Å². The molecule has 1 atom stereocenters. The van der Waals surface area contributed by atoms with Crippen molar-refractivity contribution >= 4 is 17.2 Å². The van der Waals surface area contributed by atoms with E-state index in [1.54, 1.807) is 11.3 Å². The van der Waals surface area contributed by atoms with Gasteiger partial charge in [0.2, 0.25) is 5.91 Å². The van der Waals surface area contributed by atoms with E-state index in [0.717, 1.165) is 17.7 Å². The van der Waals surface area contributed by atoms with Crippen LogP contribution in [0.25, 0.3) is 0 Å². The summed E-state index contributed by atoms with van der Waals surface area (Å²) in [5.74, 6) is -0.0553. The van der Waals surface area contributed by atoms with Crippen molar-refractivity contribution < 1.29 is 4.79 Å². The molecule has 3 nitrogen and oxygen atoms in total. The van der Waals surface area contributed by atoms with Crippen molar-refractivity contribution in [1.82, 2.24) is 5.32 Å². The highest BCUT2D eigenvalue weighted by Crippen LogP contribution is 2.07. The third-order valence-corrected chi connectivity index (χ3v) is 2.83. The Morgan fingerprint density at radius 1 is 1.71 bits per heavy atom. The first-order valence-electron chi connectivity index (χ1n) is 4.79. The lowest BCUT2D eigenvalue weighted by atomic mass is 10.2. The van der Waals surface area contributed by atoms with Gasteiger partial charge in [-0.25, -0.2) is 0 Å². The zero-order valence-electron chi connectivity index (χ0n) is 8.32. The molecule has 1 aromatic heterocycles. The molecule has 0 bridgehead atoms. The first-order valence-corrected chi connectivity index (χ1v) is 5.67. The number of hydrogen-bond donors (Lipinski definition) is 2. The summed E-state index contributed by atoms with van der Waals surface area (Å²) in [5, 5.41) is 4.81. The molecule has 1 amide bonds. The second kappa shape index (κ2) is 5.78. The predicted octanol–water partition coefficient (Wildman–Crippen LogP) is 1.49. The first-order chi connectivity index (χ1) is 6.74. The molecule has 78 valence electrons. The summed E-state index contributed by atoms with van der Waals surface area (Å²) >= 11 is 1.63. The summed E-state index contributed by atoms with van der Waals surface area (Å²) in [6, 6.07) is 3.61. The van der Waals surface area contributed by atoms with Gasteiger partial charge in [-0.3, -0.25) is 4.79 Å². The molecule has 14 heavy (non-hydrogen) atoms. The number of nitrogens with one attached hydrogen (secondary N) is 1. The SMILES string of the molecule is CCC[C@H](N)C(=O)NCc1cccs1. The number of hydrogen-bond acceptors (Lipinski definition) is 3. The Labute approximate surface area is 88.3 Å². The van der Waals surface area contributed by atoms with Crippen LogP contribution in [-0.2, 0) is 11.3 Å². The van der Waals surface area contributed by atoms with Gasteiger partial charge in [0.15, 0.2) is 0 Å². The Morgan fingerprint density at radius 2 is 2.50 bits per heavy atom. The Hall–Kier alpha value is -0.870. The third-order valence-electron chi connectivity index (χ3n) is 1.95. The average molecular weight is 212 g/mol. The number of rotatable bonds is 5. The lowest BCUT2D eigenvalue weighted by Gasteiger charge is -2.09. The van der Waals surface area contributed by atoms with Crippen molar-refractivity contribution in [2.75, 3.05) is 0 Å². The van der Waals surface area contributed by atoms with Crippen LogP contribution in [0, 0.1) is 0 Å². The lowest BCUT2D eigenvalue weighted by molar-refractivity contribution is -0.122. The molecule has 0 aliphatic heterocycles. The standard InChI is InChI=1S/C10H16N2OS/c1-2-4-9(11)10(13)12-7-8-5-3-6-14-8/h3,5-6,9H,2,4,7,11H2,1H3,(H,12,13)/t9-/m0/s1. The van der Waals surface area contributed by atoms with Gasteiger partial charge in [-0.1, -0.05) is 19.4 Å². The Bertz CT molecular complexity index is 272. The quantitative estimate of drug-likeness (QED) is 0.777. The van der Waals surface area contributed by atoms with Gasteiger partial charge in [-0.15, -0.1) is 11.3 Å². The topological polar surface area (TPSA) is 55.1 Å². The van der Waals surface area contributed by atoms with Crippen LogP contribution in [-0.4, -0.2) is 11.9 Å². The highest BCUT2D eigenvalue weighted by atomic mass is 32.1. The molecule has 0 spiro atoms. The highest BCUT2D eigenvalue weighted by Gasteiger charge is 2.11. The minimum absolute atomic E-state index is 0.0553. The van der Waals surface area contributed by atoms with Crippen LogP contribution >= 0.6 is 11.3 Å². The smallest absolute Gasteiger partial charge is 0.237 e. The average Bonchev–Trinajstić information content (AvgIpc) is 2.67. The monoisotopic (exact) mass is 212 g/mol. The van der Waals surface area contributed by atoms with E-state index in [1.165, 1.54) is 0 Å². The minimum Gasteiger partial charge on any atom is -0.350 e. The Balaban J connectivity index is 2.27. The fourth-order valence-corrected chi connectivity index (χ4v) is 1.81. The molecule has 0 aliphatic rings. The predicted molar refractivity (Wildman–Crippen MR) is 59.0 cm³/mol. The number of thiophene rings is 1. The van der Waals surface area contributed by atoms with E-state index in [2.05, 4.69) is 5.32 Å². The maximum absolute atomic E-state index is 11.4. The van der Waals surface area contributed by atoms with Gasteiger partial charge in [0.1, 0.15) is 0 Å². The van der Waals surface area contributed by atoms with Crippen LogP contribution in [0.15, 0.2) is 17.5 Å². The van der Waals surface area contributed by atoms with Crippen LogP contribution in [0.2, 0.25) is 0 Å². The number of amides is 1. The van der Waals surface area contributed by atoms with Gasteiger partial charge < -0.3 is 11.1 Å². The number of carbonyl (C=O) groups is 1. The van der Waals surface area contributed by atoms with Gasteiger partial charge in [0, 0.05) is 4.88 Å². The third kappa shape index (κ3) is 3.47. The van der Waals surface area contributed by atoms with E-state index >= 15 is 0 Å². The summed E-state index contributed by atoms with van der Waals surface area (Å²) in [6.07, 6.45) is 1.68. The van der Waals surface area contributed by atoms with Crippen LogP contribution in [0.1, 0.15) is 24.6 Å². The molecule has 0 unspecified atom stereocenters. The molecule has 4 heteroatoms. The maximum atomic E-state index is 11.4. The molecule has 0 saturated heterocycles. The van der Waals surface area contributed by atoms with Crippen molar-refractivity contribution in [3.05, 3.63) is 22.4 Å². The van der Waals surface area contributed by atoms with E-state index in [1.807, 2.05) is 24.4 Å². The van der Waals surface area contributed by atoms with Crippen LogP contribution in [0.4, 0.5) is 0 Å². The first kappa shape index (κ1) is 11.2. The van der Waals surface area contributed by atoms with E-state index < -0.39 is 0 Å². The maximum Gasteiger partial charge on any atom is 0.237 e. The largest absolute Gasteiger partial charge is 0.350 e. The van der Waals surface area contributed by atoms with Crippen LogP contribution < -0.4 is 11.1 Å². The van der Waals surface area contributed by atoms with E-state index in [0.29, 0.717) is 6.54 Å². The molecule has 3 N–H and O–H groups in total. The van der Waals surface area contributed by atoms with E-state index in [9.17, 15) is 4.79 Å². The zero-order chi connectivity index (χ0) is 10.4. The molecular formula is C10H16N2OS. The number of nitrogens with two attached hydrogens (primary N) is 1. The van der Waals surface area contributed by atoms with E-state index in [-0.39, 0.29) is 11.9 Å². The molecular weight excluding hydrogens is 196 g/mol.